The number of rotatable bonds is 18. The smallest absolute Gasteiger partial charge is 0.328 e. The van der Waals surface area contributed by atoms with Gasteiger partial charge in [0.25, 0.3) is 0 Å². The van der Waals surface area contributed by atoms with E-state index in [1.807, 2.05) is 47.8 Å². The fourth-order valence-electron chi connectivity index (χ4n) is 6.64. The molecule has 2 aromatic rings. The molecule has 0 amide bonds. The highest BCUT2D eigenvalue weighted by molar-refractivity contribution is 7.98. The number of esters is 2. The Bertz CT molecular complexity index is 1270. The van der Waals surface area contributed by atoms with Crippen LogP contribution in [0.25, 0.3) is 0 Å². The van der Waals surface area contributed by atoms with Gasteiger partial charge in [-0.2, -0.15) is 23.5 Å². The summed E-state index contributed by atoms with van der Waals surface area (Å²) in [5.74, 6) is 1.78. The maximum Gasteiger partial charge on any atom is 0.328 e. The first-order chi connectivity index (χ1) is 24.0. The summed E-state index contributed by atoms with van der Waals surface area (Å²) in [6.07, 6.45) is 16.8. The molecule has 0 radical (unpaired) electrons. The Morgan fingerprint density at radius 3 is 1.44 bits per heavy atom. The van der Waals surface area contributed by atoms with Gasteiger partial charge in [0.1, 0.15) is 12.1 Å². The zero-order chi connectivity index (χ0) is 36.6. The van der Waals surface area contributed by atoms with Crippen molar-refractivity contribution in [3.8, 4) is 0 Å². The van der Waals surface area contributed by atoms with Crippen molar-refractivity contribution < 1.29 is 19.1 Å². The Kier molecular flexibility index (Phi) is 17.9. The van der Waals surface area contributed by atoms with Gasteiger partial charge in [-0.3, -0.25) is 0 Å². The van der Waals surface area contributed by atoms with E-state index in [4.69, 9.17) is 39.6 Å². The van der Waals surface area contributed by atoms with Gasteiger partial charge in [-0.15, -0.1) is 0 Å². The molecular formula is C39H57N3O4S4. The third-order valence-electron chi connectivity index (χ3n) is 10.2. The zero-order valence-corrected chi connectivity index (χ0v) is 33.8. The molecule has 2 atom stereocenters. The van der Waals surface area contributed by atoms with Crippen LogP contribution in [-0.2, 0) is 31.9 Å². The minimum Gasteiger partial charge on any atom is -0.467 e. The van der Waals surface area contributed by atoms with Crippen LogP contribution >= 0.6 is 48.0 Å². The predicted molar refractivity (Wildman–Crippen MR) is 220 cm³/mol. The van der Waals surface area contributed by atoms with E-state index in [0.717, 1.165) is 77.6 Å². The van der Waals surface area contributed by atoms with Crippen molar-refractivity contribution in [2.24, 2.45) is 10.8 Å². The number of nitrogens with two attached hydrogens (primary N) is 1. The van der Waals surface area contributed by atoms with Gasteiger partial charge in [0.15, 0.2) is 0 Å². The molecule has 2 aliphatic rings. The standard InChI is InChI=1S/C20H29NO2S2.C19H28N2O2S2/c1-15-6-8-16(9-7-15)14-17(18(22)23-2)21-19(24)20(10-4-11-20)12-5-13-25-3;1-23-17(22)16(13-14-5-7-15(20)8-6-14)21-18(24)19(9-3-10-19)11-4-12-25-2/h6-9,17H,4-5,10-14H2,1-3H3,(H,21,24);5-8,16H,3-4,9-13,20H2,1-2H3,(H,21,24). The molecule has 4 rings (SSSR count). The minimum absolute atomic E-state index is 0.0679. The first-order valence-corrected chi connectivity index (χ1v) is 21.3. The molecule has 2 aromatic carbocycles. The van der Waals surface area contributed by atoms with Crippen LogP contribution in [0.2, 0.25) is 0 Å². The Labute approximate surface area is 319 Å². The third-order valence-corrected chi connectivity index (χ3v) is 12.6. The number of benzene rings is 2. The molecule has 2 fully saturated rings. The van der Waals surface area contributed by atoms with Crippen molar-refractivity contribution in [2.45, 2.75) is 96.1 Å². The molecule has 50 heavy (non-hydrogen) atoms. The van der Waals surface area contributed by atoms with Crippen LogP contribution in [0.15, 0.2) is 48.5 Å². The average molecular weight is 760 g/mol. The van der Waals surface area contributed by atoms with Crippen molar-refractivity contribution >= 4 is 75.6 Å². The summed E-state index contributed by atoms with van der Waals surface area (Å²) >= 11 is 15.2. The molecule has 0 spiro atoms. The number of nitrogen functional groups attached to an aromatic ring is 1. The number of methoxy groups -OCH3 is 2. The molecule has 4 N–H and O–H groups in total. The lowest BCUT2D eigenvalue weighted by Gasteiger charge is -2.43. The first-order valence-electron chi connectivity index (χ1n) is 17.7. The van der Waals surface area contributed by atoms with Crippen LogP contribution in [0.5, 0.6) is 0 Å². The highest BCUT2D eigenvalue weighted by Gasteiger charge is 2.42. The largest absolute Gasteiger partial charge is 0.467 e. The number of carbonyl (C=O) groups is 2. The molecule has 0 saturated heterocycles. The molecule has 0 aliphatic heterocycles. The van der Waals surface area contributed by atoms with Crippen LogP contribution in [0, 0.1) is 17.8 Å². The lowest BCUT2D eigenvalue weighted by molar-refractivity contribution is -0.143. The summed E-state index contributed by atoms with van der Waals surface area (Å²) < 4.78 is 9.99. The molecule has 0 heterocycles. The molecule has 2 saturated carbocycles. The van der Waals surface area contributed by atoms with Gasteiger partial charge in [0.2, 0.25) is 0 Å². The lowest BCUT2D eigenvalue weighted by atomic mass is 9.66. The second kappa shape index (κ2) is 21.2. The Balaban J connectivity index is 0.000000270. The number of ether oxygens (including phenoxy) is 2. The summed E-state index contributed by atoms with van der Waals surface area (Å²) in [6, 6.07) is 14.9. The average Bonchev–Trinajstić information content (AvgIpc) is 3.07. The van der Waals surface area contributed by atoms with Crippen molar-refractivity contribution in [1.82, 2.24) is 10.6 Å². The number of nitrogens with one attached hydrogen (secondary N) is 2. The molecule has 2 aliphatic carbocycles. The van der Waals surface area contributed by atoms with Gasteiger partial charge in [0, 0.05) is 29.4 Å². The first kappa shape index (κ1) is 42.1. The van der Waals surface area contributed by atoms with Gasteiger partial charge in [-0.25, -0.2) is 9.59 Å². The number of anilines is 1. The molecule has 2 unspecified atom stereocenters. The van der Waals surface area contributed by atoms with Crippen LogP contribution < -0.4 is 16.4 Å². The number of hydrogen-bond donors (Lipinski definition) is 3. The van der Waals surface area contributed by atoms with E-state index in [9.17, 15) is 9.59 Å². The summed E-state index contributed by atoms with van der Waals surface area (Å²) in [5, 5.41) is 6.67. The van der Waals surface area contributed by atoms with Crippen LogP contribution in [0.3, 0.4) is 0 Å². The number of thioether (sulfide) groups is 2. The van der Waals surface area contributed by atoms with Gasteiger partial charge in [-0.05, 0) is 106 Å². The van der Waals surface area contributed by atoms with Gasteiger partial charge in [0.05, 0.1) is 24.2 Å². The van der Waals surface area contributed by atoms with Crippen molar-refractivity contribution in [1.29, 1.82) is 0 Å². The van der Waals surface area contributed by atoms with E-state index in [1.54, 1.807) is 0 Å². The normalized spacial score (nSPS) is 16.6. The van der Waals surface area contributed by atoms with Gasteiger partial charge < -0.3 is 25.8 Å². The number of aryl methyl sites for hydroxylation is 1. The second-order valence-electron chi connectivity index (χ2n) is 13.7. The maximum atomic E-state index is 12.3. The third kappa shape index (κ3) is 12.4. The van der Waals surface area contributed by atoms with Crippen molar-refractivity contribution in [2.75, 3.05) is 44.0 Å². The van der Waals surface area contributed by atoms with Crippen LogP contribution in [-0.4, -0.2) is 72.2 Å². The summed E-state index contributed by atoms with van der Waals surface area (Å²) in [7, 11) is 2.85. The Morgan fingerprint density at radius 1 is 0.740 bits per heavy atom. The maximum absolute atomic E-state index is 12.3. The molecule has 0 bridgehead atoms. The molecule has 7 nitrogen and oxygen atoms in total. The van der Waals surface area contributed by atoms with Gasteiger partial charge >= 0.3 is 11.9 Å². The quantitative estimate of drug-likeness (QED) is 0.0599. The molecule has 276 valence electrons. The summed E-state index contributed by atoms with van der Waals surface area (Å²) in [6.45, 7) is 2.06. The number of hydrogen-bond acceptors (Lipinski definition) is 9. The van der Waals surface area contributed by atoms with Crippen molar-refractivity contribution in [3.63, 3.8) is 0 Å². The molecular weight excluding hydrogens is 703 g/mol. The Morgan fingerprint density at radius 2 is 1.12 bits per heavy atom. The van der Waals surface area contributed by atoms with Crippen LogP contribution in [0.1, 0.15) is 80.9 Å². The van der Waals surface area contributed by atoms with E-state index in [2.05, 4.69) is 54.3 Å². The fourth-order valence-corrected chi connectivity index (χ4v) is 8.40. The highest BCUT2D eigenvalue weighted by atomic mass is 32.2. The number of thiocarbonyl (C=S) groups is 2. The Hall–Kier alpha value is -2.34. The molecule has 11 heteroatoms. The fraction of sp³-hybridized carbons (Fsp3) is 0.590. The lowest BCUT2D eigenvalue weighted by Crippen LogP contribution is -2.51. The van der Waals surface area contributed by atoms with Gasteiger partial charge in [-0.1, -0.05) is 79.2 Å². The van der Waals surface area contributed by atoms with E-state index in [1.165, 1.54) is 39.0 Å². The topological polar surface area (TPSA) is 103 Å². The zero-order valence-electron chi connectivity index (χ0n) is 30.5. The van der Waals surface area contributed by atoms with E-state index >= 15 is 0 Å². The van der Waals surface area contributed by atoms with Crippen LogP contribution in [0.4, 0.5) is 5.69 Å². The van der Waals surface area contributed by atoms with E-state index < -0.39 is 12.1 Å². The highest BCUT2D eigenvalue weighted by Crippen LogP contribution is 2.47. The van der Waals surface area contributed by atoms with E-state index in [0.29, 0.717) is 18.5 Å². The minimum atomic E-state index is -0.459. The monoisotopic (exact) mass is 759 g/mol. The SMILES string of the molecule is COC(=O)C(Cc1ccc(C)cc1)NC(=S)C1(CCCSC)CCC1.COC(=O)C(Cc1ccc(N)cc1)NC(=S)C1(CCCSC)CCC1. The predicted octanol–water partition coefficient (Wildman–Crippen LogP) is 7.89. The number of carbonyl (C=O) groups excluding carboxylic acids is 2. The summed E-state index contributed by atoms with van der Waals surface area (Å²) in [4.78, 5) is 26.2. The van der Waals surface area contributed by atoms with Crippen molar-refractivity contribution in [3.05, 3.63) is 65.2 Å². The summed E-state index contributed by atoms with van der Waals surface area (Å²) in [5.41, 5.74) is 9.96. The van der Waals surface area contributed by atoms with E-state index in [-0.39, 0.29) is 22.8 Å². The molecule has 0 aromatic heterocycles. The second-order valence-corrected chi connectivity index (χ2v) is 16.5.